The Labute approximate surface area is 113 Å². The van der Waals surface area contributed by atoms with Crippen LogP contribution in [0.5, 0.6) is 0 Å². The monoisotopic (exact) mass is 324 g/mol. The van der Waals surface area contributed by atoms with Crippen LogP contribution < -0.4 is 5.32 Å². The Balaban J connectivity index is 2.65. The maximum atomic E-state index is 12.8. The molecular formula is C12H16BrF3N2. The van der Waals surface area contributed by atoms with Gasteiger partial charge >= 0.3 is 6.18 Å². The Morgan fingerprint density at radius 1 is 1.28 bits per heavy atom. The summed E-state index contributed by atoms with van der Waals surface area (Å²) in [4.78, 5) is 3.78. The van der Waals surface area contributed by atoms with Crippen molar-refractivity contribution in [2.45, 2.75) is 38.8 Å². The Morgan fingerprint density at radius 3 is 2.61 bits per heavy atom. The molecule has 0 aliphatic rings. The molecular weight excluding hydrogens is 309 g/mol. The van der Waals surface area contributed by atoms with E-state index in [1.807, 2.05) is 0 Å². The molecule has 1 aromatic rings. The molecule has 0 fully saturated rings. The molecule has 6 heteroatoms. The first-order valence-corrected chi connectivity index (χ1v) is 6.71. The van der Waals surface area contributed by atoms with E-state index in [1.165, 1.54) is 6.20 Å². The summed E-state index contributed by atoms with van der Waals surface area (Å²) in [6.07, 6.45) is 1.04. The normalized spacial score (nSPS) is 11.6. The molecule has 102 valence electrons. The van der Waals surface area contributed by atoms with Gasteiger partial charge in [-0.15, -0.1) is 0 Å². The second-order valence-corrected chi connectivity index (χ2v) is 4.95. The minimum Gasteiger partial charge on any atom is -0.370 e. The number of alkyl halides is 3. The number of anilines is 1. The van der Waals surface area contributed by atoms with Gasteiger partial charge in [0.05, 0.1) is 5.56 Å². The Morgan fingerprint density at radius 2 is 2.00 bits per heavy atom. The molecule has 0 atom stereocenters. The van der Waals surface area contributed by atoms with Gasteiger partial charge in [-0.2, -0.15) is 13.2 Å². The smallest absolute Gasteiger partial charge is 0.370 e. The number of pyridine rings is 1. The van der Waals surface area contributed by atoms with Gasteiger partial charge in [-0.1, -0.05) is 26.2 Å². The number of hydrogen-bond donors (Lipinski definition) is 1. The average molecular weight is 325 g/mol. The zero-order chi connectivity index (χ0) is 13.6. The van der Waals surface area contributed by atoms with Crippen molar-refractivity contribution in [2.24, 2.45) is 0 Å². The Bertz CT molecular complexity index is 380. The molecule has 2 nitrogen and oxygen atoms in total. The summed E-state index contributed by atoms with van der Waals surface area (Å²) in [6.45, 7) is 2.60. The third-order valence-electron chi connectivity index (χ3n) is 2.48. The van der Waals surface area contributed by atoms with E-state index in [9.17, 15) is 13.2 Å². The van der Waals surface area contributed by atoms with Crippen molar-refractivity contribution in [3.8, 4) is 0 Å². The van der Waals surface area contributed by atoms with Crippen LogP contribution in [0.25, 0.3) is 0 Å². The molecule has 1 N–H and O–H groups in total. The van der Waals surface area contributed by atoms with Gasteiger partial charge in [-0.25, -0.2) is 4.98 Å². The van der Waals surface area contributed by atoms with E-state index in [0.717, 1.165) is 31.7 Å². The van der Waals surface area contributed by atoms with E-state index in [1.54, 1.807) is 0 Å². The molecule has 0 aliphatic heterocycles. The Kier molecular flexibility index (Phi) is 5.91. The minimum absolute atomic E-state index is 0.0952. The van der Waals surface area contributed by atoms with Crippen LogP contribution in [0.4, 0.5) is 19.0 Å². The molecule has 1 rings (SSSR count). The molecule has 0 saturated carbocycles. The van der Waals surface area contributed by atoms with Crippen LogP contribution in [0.1, 0.15) is 38.2 Å². The topological polar surface area (TPSA) is 24.9 Å². The lowest BCUT2D eigenvalue weighted by Gasteiger charge is -2.13. The summed E-state index contributed by atoms with van der Waals surface area (Å²) >= 11 is 3.00. The van der Waals surface area contributed by atoms with E-state index in [4.69, 9.17) is 0 Å². The van der Waals surface area contributed by atoms with E-state index in [0.29, 0.717) is 11.0 Å². The molecule has 0 aliphatic carbocycles. The van der Waals surface area contributed by atoms with E-state index in [2.05, 4.69) is 33.2 Å². The van der Waals surface area contributed by atoms with Gasteiger partial charge in [0.1, 0.15) is 5.82 Å². The first kappa shape index (κ1) is 15.3. The van der Waals surface area contributed by atoms with Crippen molar-refractivity contribution in [3.05, 3.63) is 22.3 Å². The highest BCUT2D eigenvalue weighted by molar-refractivity contribution is 9.10. The van der Waals surface area contributed by atoms with Crippen LogP contribution in [0, 0.1) is 0 Å². The molecule has 1 aromatic heterocycles. The predicted octanol–water partition coefficient (Wildman–Crippen LogP) is 4.86. The average Bonchev–Trinajstić information content (AvgIpc) is 2.29. The SMILES string of the molecule is CCCCCCNc1ncc(Br)cc1C(F)(F)F. The number of halogens is 4. The first-order valence-electron chi connectivity index (χ1n) is 5.91. The van der Waals surface area contributed by atoms with Crippen molar-refractivity contribution in [1.29, 1.82) is 0 Å². The fourth-order valence-electron chi connectivity index (χ4n) is 1.55. The first-order chi connectivity index (χ1) is 8.45. The number of hydrogen-bond acceptors (Lipinski definition) is 2. The molecule has 18 heavy (non-hydrogen) atoms. The van der Waals surface area contributed by atoms with Gasteiger partial charge in [0.2, 0.25) is 0 Å². The summed E-state index contributed by atoms with van der Waals surface area (Å²) in [5, 5.41) is 2.75. The highest BCUT2D eigenvalue weighted by Crippen LogP contribution is 2.35. The molecule has 0 radical (unpaired) electrons. The highest BCUT2D eigenvalue weighted by Gasteiger charge is 2.34. The van der Waals surface area contributed by atoms with Crippen molar-refractivity contribution in [1.82, 2.24) is 4.98 Å². The maximum Gasteiger partial charge on any atom is 0.419 e. The molecule has 0 unspecified atom stereocenters. The third kappa shape index (κ3) is 4.84. The second kappa shape index (κ2) is 6.97. The van der Waals surface area contributed by atoms with Gasteiger partial charge in [0.25, 0.3) is 0 Å². The fourth-order valence-corrected chi connectivity index (χ4v) is 1.89. The zero-order valence-electron chi connectivity index (χ0n) is 10.1. The number of rotatable bonds is 6. The highest BCUT2D eigenvalue weighted by atomic mass is 79.9. The van der Waals surface area contributed by atoms with Crippen molar-refractivity contribution in [2.75, 3.05) is 11.9 Å². The molecule has 0 bridgehead atoms. The molecule has 0 aromatic carbocycles. The number of unbranched alkanes of at least 4 members (excludes halogenated alkanes) is 3. The molecule has 0 spiro atoms. The summed E-state index contributed by atoms with van der Waals surface area (Å²) in [6, 6.07) is 1.04. The van der Waals surface area contributed by atoms with Crippen LogP contribution in [-0.2, 0) is 6.18 Å². The lowest BCUT2D eigenvalue weighted by Crippen LogP contribution is -2.13. The van der Waals surface area contributed by atoms with Gasteiger partial charge in [-0.05, 0) is 28.4 Å². The standard InChI is InChI=1S/C12H16BrF3N2/c1-2-3-4-5-6-17-11-10(12(14,15)16)7-9(13)8-18-11/h7-8H,2-6H2,1H3,(H,17,18). The maximum absolute atomic E-state index is 12.8. The van der Waals surface area contributed by atoms with Crippen LogP contribution >= 0.6 is 15.9 Å². The van der Waals surface area contributed by atoms with Crippen molar-refractivity contribution in [3.63, 3.8) is 0 Å². The van der Waals surface area contributed by atoms with Crippen LogP contribution in [0.3, 0.4) is 0 Å². The van der Waals surface area contributed by atoms with Gasteiger partial charge < -0.3 is 5.32 Å². The summed E-state index contributed by atoms with van der Waals surface area (Å²) in [5.74, 6) is -0.0952. The molecule has 1 heterocycles. The van der Waals surface area contributed by atoms with Gasteiger partial charge in [0, 0.05) is 17.2 Å². The molecule has 0 amide bonds. The van der Waals surface area contributed by atoms with Gasteiger partial charge in [0.15, 0.2) is 0 Å². The lowest BCUT2D eigenvalue weighted by atomic mass is 10.2. The second-order valence-electron chi connectivity index (χ2n) is 4.03. The van der Waals surface area contributed by atoms with Gasteiger partial charge in [-0.3, -0.25) is 0 Å². The van der Waals surface area contributed by atoms with Crippen LogP contribution in [-0.4, -0.2) is 11.5 Å². The largest absolute Gasteiger partial charge is 0.419 e. The van der Waals surface area contributed by atoms with Crippen LogP contribution in [0.15, 0.2) is 16.7 Å². The number of nitrogens with one attached hydrogen (secondary N) is 1. The minimum atomic E-state index is -4.39. The summed E-state index contributed by atoms with van der Waals surface area (Å²) in [5.41, 5.74) is -0.729. The van der Waals surface area contributed by atoms with E-state index >= 15 is 0 Å². The van der Waals surface area contributed by atoms with Crippen molar-refractivity contribution < 1.29 is 13.2 Å². The quantitative estimate of drug-likeness (QED) is 0.756. The van der Waals surface area contributed by atoms with E-state index in [-0.39, 0.29) is 5.82 Å². The summed E-state index contributed by atoms with van der Waals surface area (Å²) in [7, 11) is 0. The third-order valence-corrected chi connectivity index (χ3v) is 2.92. The van der Waals surface area contributed by atoms with Crippen molar-refractivity contribution >= 4 is 21.7 Å². The Hall–Kier alpha value is -0.780. The summed E-state index contributed by atoms with van der Waals surface area (Å²) < 4.78 is 38.6. The van der Waals surface area contributed by atoms with Crippen LogP contribution in [0.2, 0.25) is 0 Å². The predicted molar refractivity (Wildman–Crippen MR) is 69.6 cm³/mol. The number of nitrogens with zero attached hydrogens (tertiary/aromatic N) is 1. The van der Waals surface area contributed by atoms with E-state index < -0.39 is 11.7 Å². The number of aromatic nitrogens is 1. The molecule has 0 saturated heterocycles. The zero-order valence-corrected chi connectivity index (χ0v) is 11.7. The lowest BCUT2D eigenvalue weighted by molar-refractivity contribution is -0.137. The fraction of sp³-hybridized carbons (Fsp3) is 0.583.